The van der Waals surface area contributed by atoms with E-state index in [2.05, 4.69) is 44.5 Å². The molecule has 142 valence electrons. The first-order valence-electron chi connectivity index (χ1n) is 8.64. The lowest BCUT2D eigenvalue weighted by Crippen LogP contribution is -2.17. The summed E-state index contributed by atoms with van der Waals surface area (Å²) in [6, 6.07) is 15.8. The molecule has 0 saturated heterocycles. The van der Waals surface area contributed by atoms with Crippen LogP contribution in [0.25, 0.3) is 17.0 Å². The lowest BCUT2D eigenvalue weighted by Gasteiger charge is -2.09. The number of benzene rings is 2. The van der Waals surface area contributed by atoms with E-state index in [4.69, 9.17) is 28.9 Å². The Morgan fingerprint density at radius 3 is 2.57 bits per heavy atom. The van der Waals surface area contributed by atoms with Crippen molar-refractivity contribution in [3.05, 3.63) is 80.8 Å². The summed E-state index contributed by atoms with van der Waals surface area (Å²) in [5.41, 5.74) is 14.8. The van der Waals surface area contributed by atoms with Crippen LogP contribution in [-0.2, 0) is 12.8 Å². The first-order chi connectivity index (χ1) is 13.6. The Balaban J connectivity index is 1.51. The van der Waals surface area contributed by atoms with Gasteiger partial charge in [-0.3, -0.25) is 0 Å². The molecule has 3 aromatic rings. The minimum absolute atomic E-state index is 0.225. The van der Waals surface area contributed by atoms with Gasteiger partial charge in [0, 0.05) is 16.7 Å². The first kappa shape index (κ1) is 19.1. The Morgan fingerprint density at radius 1 is 1.00 bits per heavy atom. The Kier molecular flexibility index (Phi) is 5.73. The molecule has 0 fully saturated rings. The van der Waals surface area contributed by atoms with Crippen molar-refractivity contribution in [2.45, 2.75) is 12.8 Å². The van der Waals surface area contributed by atoms with Gasteiger partial charge in [0.2, 0.25) is 5.95 Å². The fraction of sp³-hybridized carbons (Fsp3) is 0.100. The molecular weight excluding hydrogens is 413 g/mol. The van der Waals surface area contributed by atoms with Crippen molar-refractivity contribution in [3.63, 3.8) is 0 Å². The molecule has 0 amide bonds. The zero-order valence-electron chi connectivity index (χ0n) is 14.7. The van der Waals surface area contributed by atoms with Crippen LogP contribution in [0.5, 0.6) is 0 Å². The average molecular weight is 430 g/mol. The van der Waals surface area contributed by atoms with E-state index in [-0.39, 0.29) is 5.95 Å². The van der Waals surface area contributed by atoms with E-state index in [0.717, 1.165) is 35.4 Å². The van der Waals surface area contributed by atoms with Crippen LogP contribution in [-0.4, -0.2) is 9.97 Å². The molecule has 8 heteroatoms. The number of halogens is 2. The Bertz CT molecular complexity index is 1040. The van der Waals surface area contributed by atoms with E-state index in [0.29, 0.717) is 15.7 Å². The largest absolute Gasteiger partial charge is 0.368 e. The summed E-state index contributed by atoms with van der Waals surface area (Å²) >= 11 is 14.0. The van der Waals surface area contributed by atoms with Crippen LogP contribution in [0.15, 0.2) is 53.9 Å². The van der Waals surface area contributed by atoms with Gasteiger partial charge in [-0.2, -0.15) is 4.83 Å². The predicted octanol–water partition coefficient (Wildman–Crippen LogP) is 4.87. The number of nitrogens with zero attached hydrogens (tertiary/aromatic N) is 2. The summed E-state index contributed by atoms with van der Waals surface area (Å²) in [6.45, 7) is 0. The molecule has 2 aromatic carbocycles. The highest BCUT2D eigenvalue weighted by molar-refractivity contribution is 8.00. The minimum Gasteiger partial charge on any atom is -0.368 e. The van der Waals surface area contributed by atoms with Gasteiger partial charge in [-0.1, -0.05) is 59.6 Å². The van der Waals surface area contributed by atoms with Crippen LogP contribution < -0.4 is 16.0 Å². The van der Waals surface area contributed by atoms with Crippen LogP contribution in [0.4, 0.5) is 5.95 Å². The molecule has 1 aliphatic heterocycles. The maximum absolute atomic E-state index is 6.33. The number of anilines is 1. The van der Waals surface area contributed by atoms with E-state index < -0.39 is 0 Å². The summed E-state index contributed by atoms with van der Waals surface area (Å²) in [6.07, 6.45) is 1.59. The summed E-state index contributed by atoms with van der Waals surface area (Å²) < 4.78 is 0. The van der Waals surface area contributed by atoms with Crippen molar-refractivity contribution in [1.29, 1.82) is 0 Å². The number of aryl methyl sites for hydroxylation is 2. The molecule has 5 nitrogen and oxygen atoms in total. The van der Waals surface area contributed by atoms with E-state index in [1.165, 1.54) is 17.5 Å². The van der Waals surface area contributed by atoms with Crippen LogP contribution in [0.1, 0.15) is 16.8 Å². The van der Waals surface area contributed by atoms with Gasteiger partial charge in [-0.15, -0.1) is 0 Å². The van der Waals surface area contributed by atoms with Crippen molar-refractivity contribution in [3.8, 4) is 11.3 Å². The molecular formula is C20H17Cl2N5S. The molecule has 28 heavy (non-hydrogen) atoms. The minimum atomic E-state index is 0.225. The van der Waals surface area contributed by atoms with E-state index in [9.17, 15) is 0 Å². The van der Waals surface area contributed by atoms with Crippen molar-refractivity contribution >= 4 is 46.8 Å². The maximum Gasteiger partial charge on any atom is 0.220 e. The van der Waals surface area contributed by atoms with Gasteiger partial charge in [-0.05, 0) is 48.0 Å². The van der Waals surface area contributed by atoms with Crippen molar-refractivity contribution in [1.82, 2.24) is 20.2 Å². The number of hydrogen-bond acceptors (Lipinski definition) is 6. The number of hydrogen-bond donors (Lipinski definition) is 3. The fourth-order valence-corrected chi connectivity index (χ4v) is 3.89. The summed E-state index contributed by atoms with van der Waals surface area (Å²) in [5, 5.41) is 2.99. The van der Waals surface area contributed by atoms with Gasteiger partial charge in [0.25, 0.3) is 0 Å². The van der Waals surface area contributed by atoms with Gasteiger partial charge in [-0.25, -0.2) is 9.97 Å². The monoisotopic (exact) mass is 429 g/mol. The van der Waals surface area contributed by atoms with Gasteiger partial charge in [0.15, 0.2) is 0 Å². The lowest BCUT2D eigenvalue weighted by atomic mass is 10.0. The van der Waals surface area contributed by atoms with Gasteiger partial charge in [0.1, 0.15) is 0 Å². The predicted molar refractivity (Wildman–Crippen MR) is 118 cm³/mol. The van der Waals surface area contributed by atoms with Gasteiger partial charge >= 0.3 is 0 Å². The zero-order chi connectivity index (χ0) is 19.5. The Hall–Kier alpha value is -2.25. The van der Waals surface area contributed by atoms with Crippen LogP contribution in [0.3, 0.4) is 0 Å². The summed E-state index contributed by atoms with van der Waals surface area (Å²) in [4.78, 5) is 11.7. The molecule has 1 aromatic heterocycles. The highest BCUT2D eigenvalue weighted by Crippen LogP contribution is 2.33. The number of rotatable bonds is 5. The Labute approximate surface area is 177 Å². The second kappa shape index (κ2) is 8.41. The quantitative estimate of drug-likeness (QED) is 0.502. The van der Waals surface area contributed by atoms with Crippen LogP contribution >= 0.6 is 35.1 Å². The third-order valence-corrected chi connectivity index (χ3v) is 5.77. The Morgan fingerprint density at radius 2 is 1.82 bits per heavy atom. The summed E-state index contributed by atoms with van der Waals surface area (Å²) in [7, 11) is 0. The normalized spacial score (nSPS) is 13.3. The third kappa shape index (κ3) is 4.25. The molecule has 4 rings (SSSR count). The SMILES string of the molecule is Nc1nc(CCc2ccc(C3=CSNN3)cc2)cc(-c2cccc(Cl)c2Cl)n1. The number of hydrazine groups is 1. The number of nitrogens with two attached hydrogens (primary N) is 1. The fourth-order valence-electron chi connectivity index (χ4n) is 2.95. The standard InChI is InChI=1S/C20H17Cl2N5S/c21-16-3-1-2-15(19(16)22)17-10-14(24-20(23)25-17)9-6-12-4-7-13(8-5-12)18-11-28-27-26-18/h1-5,7-8,10-11,26-27H,6,9H2,(H2,23,24,25). The molecule has 0 unspecified atom stereocenters. The van der Waals surface area contributed by atoms with Crippen molar-refractivity contribution < 1.29 is 0 Å². The molecule has 4 N–H and O–H groups in total. The smallest absolute Gasteiger partial charge is 0.220 e. The average Bonchev–Trinajstić information content (AvgIpc) is 3.23. The first-order valence-corrected chi connectivity index (χ1v) is 10.3. The molecule has 0 atom stereocenters. The van der Waals surface area contributed by atoms with E-state index >= 15 is 0 Å². The number of aromatic nitrogens is 2. The molecule has 0 spiro atoms. The topological polar surface area (TPSA) is 75.9 Å². The highest BCUT2D eigenvalue weighted by atomic mass is 35.5. The van der Waals surface area contributed by atoms with Crippen molar-refractivity contribution in [2.24, 2.45) is 0 Å². The van der Waals surface area contributed by atoms with Gasteiger partial charge < -0.3 is 11.2 Å². The summed E-state index contributed by atoms with van der Waals surface area (Å²) in [5.74, 6) is 0.225. The van der Waals surface area contributed by atoms with E-state index in [1.807, 2.05) is 23.6 Å². The lowest BCUT2D eigenvalue weighted by molar-refractivity contribution is 0.903. The number of nitrogen functional groups attached to an aromatic ring is 1. The van der Waals surface area contributed by atoms with E-state index in [1.54, 1.807) is 6.07 Å². The molecule has 0 radical (unpaired) electrons. The number of nitrogens with one attached hydrogen (secondary N) is 2. The second-order valence-electron chi connectivity index (χ2n) is 6.28. The molecule has 1 aliphatic rings. The second-order valence-corrected chi connectivity index (χ2v) is 7.74. The maximum atomic E-state index is 6.33. The highest BCUT2D eigenvalue weighted by Gasteiger charge is 2.11. The van der Waals surface area contributed by atoms with Gasteiger partial charge in [0.05, 0.1) is 21.4 Å². The third-order valence-electron chi connectivity index (χ3n) is 4.38. The van der Waals surface area contributed by atoms with Crippen LogP contribution in [0, 0.1) is 0 Å². The molecule has 0 bridgehead atoms. The van der Waals surface area contributed by atoms with Crippen molar-refractivity contribution in [2.75, 3.05) is 5.73 Å². The molecule has 0 aliphatic carbocycles. The van der Waals surface area contributed by atoms with Crippen LogP contribution in [0.2, 0.25) is 10.0 Å². The molecule has 2 heterocycles. The molecule has 0 saturated carbocycles. The zero-order valence-corrected chi connectivity index (χ0v) is 17.1.